The fourth-order valence-electron chi connectivity index (χ4n) is 3.32. The van der Waals surface area contributed by atoms with E-state index in [1.165, 1.54) is 10.8 Å². The molecule has 5 nitrogen and oxygen atoms in total. The van der Waals surface area contributed by atoms with Gasteiger partial charge in [0.2, 0.25) is 5.91 Å². The summed E-state index contributed by atoms with van der Waals surface area (Å²) in [5.74, 6) is -0.184. The van der Waals surface area contributed by atoms with Crippen molar-refractivity contribution in [3.63, 3.8) is 0 Å². The molecule has 29 heavy (non-hydrogen) atoms. The Balaban J connectivity index is 1.22. The number of hydrogen-bond donors (Lipinski definition) is 0. The van der Waals surface area contributed by atoms with Gasteiger partial charge in [-0.15, -0.1) is 11.3 Å². The van der Waals surface area contributed by atoms with Crippen molar-refractivity contribution in [3.05, 3.63) is 65.2 Å². The standard InChI is InChI=1S/C23H22N2O3S/c26-22-8-3-15-25(22)18-12-9-17(10-13-18)11-14-23(27)28-16-4-7-21-24-19-5-1-2-6-20(19)29-21/h1-2,5-6,9-14H,3-4,7-8,15-16H2/b14-11+. The minimum Gasteiger partial charge on any atom is -0.463 e. The van der Waals surface area contributed by atoms with E-state index >= 15 is 0 Å². The largest absolute Gasteiger partial charge is 0.463 e. The minimum atomic E-state index is -0.354. The van der Waals surface area contributed by atoms with Crippen LogP contribution in [0.4, 0.5) is 5.69 Å². The van der Waals surface area contributed by atoms with Gasteiger partial charge in [-0.3, -0.25) is 4.79 Å². The van der Waals surface area contributed by atoms with Gasteiger partial charge in [0.25, 0.3) is 0 Å². The molecule has 0 saturated carbocycles. The van der Waals surface area contributed by atoms with E-state index in [1.54, 1.807) is 22.3 Å². The molecular formula is C23H22N2O3S. The van der Waals surface area contributed by atoms with Crippen LogP contribution in [0.3, 0.4) is 0 Å². The number of carbonyl (C=O) groups is 2. The van der Waals surface area contributed by atoms with Gasteiger partial charge in [0.05, 0.1) is 21.8 Å². The molecule has 148 valence electrons. The van der Waals surface area contributed by atoms with Crippen molar-refractivity contribution >= 4 is 45.2 Å². The van der Waals surface area contributed by atoms with E-state index in [9.17, 15) is 9.59 Å². The molecular weight excluding hydrogens is 384 g/mol. The molecule has 4 rings (SSSR count). The van der Waals surface area contributed by atoms with Crippen molar-refractivity contribution < 1.29 is 14.3 Å². The Kier molecular flexibility index (Phi) is 6.00. The summed E-state index contributed by atoms with van der Waals surface area (Å²) >= 11 is 1.68. The van der Waals surface area contributed by atoms with Crippen LogP contribution < -0.4 is 4.90 Å². The number of anilines is 1. The molecule has 1 aliphatic heterocycles. The van der Waals surface area contributed by atoms with Crippen LogP contribution in [-0.2, 0) is 20.7 Å². The van der Waals surface area contributed by atoms with E-state index in [2.05, 4.69) is 11.1 Å². The third-order valence-electron chi connectivity index (χ3n) is 4.81. The fraction of sp³-hybridized carbons (Fsp3) is 0.261. The van der Waals surface area contributed by atoms with Crippen LogP contribution in [0.2, 0.25) is 0 Å². The Morgan fingerprint density at radius 2 is 2.00 bits per heavy atom. The first-order valence-corrected chi connectivity index (χ1v) is 10.6. The van der Waals surface area contributed by atoms with Gasteiger partial charge in [0.15, 0.2) is 0 Å². The number of aromatic nitrogens is 1. The molecule has 0 spiro atoms. The van der Waals surface area contributed by atoms with E-state index in [1.807, 2.05) is 42.5 Å². The molecule has 0 atom stereocenters. The number of rotatable bonds is 7. The molecule has 1 saturated heterocycles. The summed E-state index contributed by atoms with van der Waals surface area (Å²) in [7, 11) is 0. The monoisotopic (exact) mass is 406 g/mol. The van der Waals surface area contributed by atoms with Gasteiger partial charge < -0.3 is 9.64 Å². The third kappa shape index (κ3) is 4.90. The maximum atomic E-state index is 11.9. The maximum Gasteiger partial charge on any atom is 0.330 e. The second-order valence-corrected chi connectivity index (χ2v) is 8.04. The highest BCUT2D eigenvalue weighted by Crippen LogP contribution is 2.23. The topological polar surface area (TPSA) is 59.5 Å². The average Bonchev–Trinajstić information content (AvgIpc) is 3.35. The first-order valence-electron chi connectivity index (χ1n) is 9.79. The van der Waals surface area contributed by atoms with Gasteiger partial charge in [-0.25, -0.2) is 9.78 Å². The zero-order valence-corrected chi connectivity index (χ0v) is 16.9. The van der Waals surface area contributed by atoms with Gasteiger partial charge in [-0.2, -0.15) is 0 Å². The average molecular weight is 407 g/mol. The number of ether oxygens (including phenoxy) is 1. The van der Waals surface area contributed by atoms with Crippen LogP contribution in [0.1, 0.15) is 29.8 Å². The van der Waals surface area contributed by atoms with Crippen LogP contribution in [-0.4, -0.2) is 30.0 Å². The first-order chi connectivity index (χ1) is 14.2. The molecule has 0 aliphatic carbocycles. The molecule has 0 radical (unpaired) electrons. The fourth-order valence-corrected chi connectivity index (χ4v) is 4.33. The molecule has 2 aromatic carbocycles. The third-order valence-corrected chi connectivity index (χ3v) is 5.90. The Hall–Kier alpha value is -2.99. The maximum absolute atomic E-state index is 11.9. The molecule has 0 bridgehead atoms. The Bertz CT molecular complexity index is 1010. The highest BCUT2D eigenvalue weighted by atomic mass is 32.1. The summed E-state index contributed by atoms with van der Waals surface area (Å²) in [6.07, 6.45) is 6.24. The summed E-state index contributed by atoms with van der Waals surface area (Å²) in [5.41, 5.74) is 2.82. The smallest absolute Gasteiger partial charge is 0.330 e. The van der Waals surface area contributed by atoms with Gasteiger partial charge in [-0.05, 0) is 48.7 Å². The van der Waals surface area contributed by atoms with Crippen molar-refractivity contribution in [3.8, 4) is 0 Å². The van der Waals surface area contributed by atoms with Gasteiger partial charge in [0, 0.05) is 31.1 Å². The van der Waals surface area contributed by atoms with E-state index in [4.69, 9.17) is 4.74 Å². The highest BCUT2D eigenvalue weighted by Gasteiger charge is 2.21. The predicted molar refractivity (Wildman–Crippen MR) is 116 cm³/mol. The van der Waals surface area contributed by atoms with Crippen molar-refractivity contribution in [1.82, 2.24) is 4.98 Å². The zero-order chi connectivity index (χ0) is 20.1. The SMILES string of the molecule is O=C(/C=C/c1ccc(N2CCCC2=O)cc1)OCCCc1nc2ccccc2s1. The zero-order valence-electron chi connectivity index (χ0n) is 16.0. The summed E-state index contributed by atoms with van der Waals surface area (Å²) in [6.45, 7) is 1.15. The molecule has 1 amide bonds. The number of carbonyl (C=O) groups excluding carboxylic acids is 2. The number of benzene rings is 2. The number of esters is 1. The number of thiazole rings is 1. The lowest BCUT2D eigenvalue weighted by Crippen LogP contribution is -2.23. The lowest BCUT2D eigenvalue weighted by atomic mass is 10.2. The Morgan fingerprint density at radius 3 is 2.76 bits per heavy atom. The van der Waals surface area contributed by atoms with Gasteiger partial charge in [-0.1, -0.05) is 24.3 Å². The molecule has 2 heterocycles. The second kappa shape index (κ2) is 9.01. The molecule has 6 heteroatoms. The quantitative estimate of drug-likeness (QED) is 0.327. The van der Waals surface area contributed by atoms with E-state index in [0.29, 0.717) is 13.0 Å². The normalized spacial score (nSPS) is 14.2. The lowest BCUT2D eigenvalue weighted by Gasteiger charge is -2.15. The van der Waals surface area contributed by atoms with Crippen LogP contribution >= 0.6 is 11.3 Å². The molecule has 1 aliphatic rings. The summed E-state index contributed by atoms with van der Waals surface area (Å²) < 4.78 is 6.46. The highest BCUT2D eigenvalue weighted by molar-refractivity contribution is 7.18. The summed E-state index contributed by atoms with van der Waals surface area (Å²) in [4.78, 5) is 30.1. The molecule has 1 aromatic heterocycles. The van der Waals surface area contributed by atoms with Crippen molar-refractivity contribution in [1.29, 1.82) is 0 Å². The number of aryl methyl sites for hydroxylation is 1. The van der Waals surface area contributed by atoms with E-state index in [-0.39, 0.29) is 11.9 Å². The molecule has 3 aromatic rings. The van der Waals surface area contributed by atoms with Crippen LogP contribution in [0.25, 0.3) is 16.3 Å². The van der Waals surface area contributed by atoms with Crippen molar-refractivity contribution in [2.24, 2.45) is 0 Å². The van der Waals surface area contributed by atoms with Gasteiger partial charge >= 0.3 is 5.97 Å². The number of fused-ring (bicyclic) bond motifs is 1. The van der Waals surface area contributed by atoms with E-state index in [0.717, 1.165) is 47.6 Å². The lowest BCUT2D eigenvalue weighted by molar-refractivity contribution is -0.137. The Labute approximate surface area is 173 Å². The van der Waals surface area contributed by atoms with Crippen LogP contribution in [0.15, 0.2) is 54.6 Å². The Morgan fingerprint density at radius 1 is 1.17 bits per heavy atom. The van der Waals surface area contributed by atoms with Gasteiger partial charge in [0.1, 0.15) is 0 Å². The summed E-state index contributed by atoms with van der Waals surface area (Å²) in [6, 6.07) is 15.7. The predicted octanol–water partition coefficient (Wildman–Crippen LogP) is 4.61. The molecule has 1 fully saturated rings. The van der Waals surface area contributed by atoms with Crippen LogP contribution in [0.5, 0.6) is 0 Å². The van der Waals surface area contributed by atoms with E-state index < -0.39 is 0 Å². The number of para-hydroxylation sites is 1. The molecule has 0 unspecified atom stereocenters. The number of hydrogen-bond acceptors (Lipinski definition) is 5. The molecule has 0 N–H and O–H groups in total. The summed E-state index contributed by atoms with van der Waals surface area (Å²) in [5, 5.41) is 1.06. The number of nitrogens with zero attached hydrogens (tertiary/aromatic N) is 2. The van der Waals surface area contributed by atoms with Crippen LogP contribution in [0, 0.1) is 0 Å². The van der Waals surface area contributed by atoms with Crippen molar-refractivity contribution in [2.45, 2.75) is 25.7 Å². The van der Waals surface area contributed by atoms with Crippen molar-refractivity contribution in [2.75, 3.05) is 18.1 Å². The number of amides is 1. The second-order valence-electron chi connectivity index (χ2n) is 6.92. The first kappa shape index (κ1) is 19.3. The minimum absolute atomic E-state index is 0.169.